The molecule has 0 saturated carbocycles. The number of nitrogens with zero attached hydrogens (tertiary/aromatic N) is 1. The summed E-state index contributed by atoms with van der Waals surface area (Å²) >= 11 is 0. The lowest BCUT2D eigenvalue weighted by molar-refractivity contribution is 0.553. The van der Waals surface area contributed by atoms with Gasteiger partial charge in [-0.05, 0) is 32.1 Å². The molecule has 20 heavy (non-hydrogen) atoms. The van der Waals surface area contributed by atoms with Crippen molar-refractivity contribution in [2.75, 3.05) is 7.05 Å². The van der Waals surface area contributed by atoms with E-state index in [1.54, 1.807) is 12.2 Å². The fraction of sp³-hybridized carbons (Fsp3) is 0.368. The van der Waals surface area contributed by atoms with E-state index >= 15 is 0 Å². The lowest BCUT2D eigenvalue weighted by Crippen LogP contribution is -2.14. The molecule has 0 amide bonds. The van der Waals surface area contributed by atoms with Crippen LogP contribution < -0.4 is 0 Å². The van der Waals surface area contributed by atoms with Crippen molar-refractivity contribution < 1.29 is 0 Å². The van der Waals surface area contributed by atoms with Crippen LogP contribution in [-0.4, -0.2) is 11.9 Å². The Labute approximate surface area is 127 Å². The normalized spacial score (nSPS) is 11.3. The molecule has 0 aromatic heterocycles. The highest BCUT2D eigenvalue weighted by atomic mass is 15.1. The average molecular weight is 275 g/mol. The van der Waals surface area contributed by atoms with Crippen LogP contribution in [0.2, 0.25) is 0 Å². The maximum absolute atomic E-state index is 3.72. The summed E-state index contributed by atoms with van der Waals surface area (Å²) in [6.45, 7) is 19.4. The molecule has 1 heteroatoms. The lowest BCUT2D eigenvalue weighted by Gasteiger charge is -2.21. The van der Waals surface area contributed by atoms with Crippen LogP contribution in [-0.2, 0) is 0 Å². The van der Waals surface area contributed by atoms with E-state index in [1.807, 2.05) is 79.0 Å². The molecule has 0 fully saturated rings. The Hall–Kier alpha value is -1.76. The van der Waals surface area contributed by atoms with Gasteiger partial charge in [0.05, 0.1) is 0 Å². The van der Waals surface area contributed by atoms with Gasteiger partial charge in [-0.2, -0.15) is 0 Å². The summed E-state index contributed by atoms with van der Waals surface area (Å²) in [5, 5.41) is 0. The summed E-state index contributed by atoms with van der Waals surface area (Å²) in [6.07, 6.45) is 15.6. The van der Waals surface area contributed by atoms with Crippen LogP contribution in [0.3, 0.4) is 0 Å². The zero-order valence-electron chi connectivity index (χ0n) is 14.5. The molecule has 1 nitrogen and oxygen atoms in total. The summed E-state index contributed by atoms with van der Waals surface area (Å²) in [5.74, 6) is 0. The second kappa shape index (κ2) is 19.6. The van der Waals surface area contributed by atoms with Gasteiger partial charge < -0.3 is 4.90 Å². The molecule has 0 saturated heterocycles. The van der Waals surface area contributed by atoms with Crippen LogP contribution in [0.5, 0.6) is 0 Å². The molecular weight excluding hydrogens is 242 g/mol. The molecule has 0 N–H and O–H groups in total. The quantitative estimate of drug-likeness (QED) is 0.517. The average Bonchev–Trinajstić information content (AvgIpc) is 2.51. The molecule has 0 atom stereocenters. The molecule has 0 aliphatic carbocycles. The third-order valence-electron chi connectivity index (χ3n) is 2.10. The zero-order chi connectivity index (χ0) is 16.4. The van der Waals surface area contributed by atoms with Crippen molar-refractivity contribution in [3.05, 3.63) is 73.2 Å². The summed E-state index contributed by atoms with van der Waals surface area (Å²) < 4.78 is 0. The topological polar surface area (TPSA) is 3.24 Å². The van der Waals surface area contributed by atoms with Crippen molar-refractivity contribution in [3.63, 3.8) is 0 Å². The summed E-state index contributed by atoms with van der Waals surface area (Å²) in [6, 6.07) is 0. The van der Waals surface area contributed by atoms with Crippen molar-refractivity contribution in [3.8, 4) is 0 Å². The summed E-state index contributed by atoms with van der Waals surface area (Å²) in [7, 11) is 2.03. The van der Waals surface area contributed by atoms with E-state index in [-0.39, 0.29) is 0 Å². The minimum absolute atomic E-state index is 1.10. The predicted molar refractivity (Wildman–Crippen MR) is 96.6 cm³/mol. The second-order valence-electron chi connectivity index (χ2n) is 3.19. The van der Waals surface area contributed by atoms with Gasteiger partial charge >= 0.3 is 0 Å². The third-order valence-corrected chi connectivity index (χ3v) is 2.10. The third kappa shape index (κ3) is 11.3. The Kier molecular flexibility index (Phi) is 22.8. The highest BCUT2D eigenvalue weighted by molar-refractivity contribution is 5.30. The van der Waals surface area contributed by atoms with Crippen molar-refractivity contribution >= 4 is 0 Å². The molecule has 0 rings (SSSR count). The lowest BCUT2D eigenvalue weighted by atomic mass is 10.2. The predicted octanol–water partition coefficient (Wildman–Crippen LogP) is 6.26. The maximum atomic E-state index is 3.72. The number of rotatable bonds is 6. The van der Waals surface area contributed by atoms with Gasteiger partial charge in [-0.1, -0.05) is 71.2 Å². The van der Waals surface area contributed by atoms with Crippen LogP contribution in [0, 0.1) is 0 Å². The first-order chi connectivity index (χ1) is 9.71. The molecule has 0 bridgehead atoms. The molecule has 114 valence electrons. The first kappa shape index (κ1) is 23.3. The van der Waals surface area contributed by atoms with Gasteiger partial charge in [0.15, 0.2) is 0 Å². The van der Waals surface area contributed by atoms with Crippen molar-refractivity contribution in [2.24, 2.45) is 0 Å². The summed E-state index contributed by atoms with van der Waals surface area (Å²) in [5.41, 5.74) is 2.21. The Bertz CT molecular complexity index is 341. The Morgan fingerprint density at radius 3 is 1.75 bits per heavy atom. The number of likely N-dealkylation sites (N-methyl/N-ethyl adjacent to an activating group) is 1. The highest BCUT2D eigenvalue weighted by Gasteiger charge is 2.02. The van der Waals surface area contributed by atoms with Gasteiger partial charge in [-0.25, -0.2) is 0 Å². The fourth-order valence-electron chi connectivity index (χ4n) is 1.29. The van der Waals surface area contributed by atoms with Gasteiger partial charge in [0.1, 0.15) is 0 Å². The number of hydrogen-bond acceptors (Lipinski definition) is 1. The minimum Gasteiger partial charge on any atom is -0.345 e. The molecule has 0 radical (unpaired) electrons. The number of hydrogen-bond donors (Lipinski definition) is 0. The fourth-order valence-corrected chi connectivity index (χ4v) is 1.29. The van der Waals surface area contributed by atoms with Crippen molar-refractivity contribution in [1.29, 1.82) is 0 Å². The standard InChI is InChI=1S/C15H21N.2C2H6/c1-6-10-13-14(9-4)16(5)15(11-7-2)12-8-3;2*1-2/h6-13H,1-2H2,3-5H3;2*1-2H3/b12-8-,13-10-,14-9+,15-11+;;. The van der Waals surface area contributed by atoms with Crippen LogP contribution in [0.25, 0.3) is 0 Å². The smallest absolute Gasteiger partial charge is 0.0404 e. The Morgan fingerprint density at radius 2 is 1.40 bits per heavy atom. The van der Waals surface area contributed by atoms with Gasteiger partial charge in [0.25, 0.3) is 0 Å². The van der Waals surface area contributed by atoms with E-state index in [4.69, 9.17) is 0 Å². The second-order valence-corrected chi connectivity index (χ2v) is 3.19. The zero-order valence-corrected chi connectivity index (χ0v) is 14.5. The van der Waals surface area contributed by atoms with Crippen molar-refractivity contribution in [1.82, 2.24) is 4.90 Å². The monoisotopic (exact) mass is 275 g/mol. The Morgan fingerprint density at radius 1 is 0.850 bits per heavy atom. The molecule has 0 aromatic carbocycles. The van der Waals surface area contributed by atoms with Crippen LogP contribution >= 0.6 is 0 Å². The van der Waals surface area contributed by atoms with Gasteiger partial charge in [0, 0.05) is 18.4 Å². The first-order valence-electron chi connectivity index (χ1n) is 7.35. The molecule has 0 aliphatic heterocycles. The van der Waals surface area contributed by atoms with Gasteiger partial charge in [-0.15, -0.1) is 0 Å². The molecule has 0 aromatic rings. The van der Waals surface area contributed by atoms with Gasteiger partial charge in [0.2, 0.25) is 0 Å². The maximum Gasteiger partial charge on any atom is 0.0404 e. The Balaban J connectivity index is -0.000000656. The molecular formula is C19H33N. The van der Waals surface area contributed by atoms with Crippen LogP contribution in [0.1, 0.15) is 41.5 Å². The van der Waals surface area contributed by atoms with E-state index in [9.17, 15) is 0 Å². The van der Waals surface area contributed by atoms with Crippen molar-refractivity contribution in [2.45, 2.75) is 41.5 Å². The van der Waals surface area contributed by atoms with Crippen LogP contribution in [0.15, 0.2) is 73.2 Å². The number of allylic oxidation sites excluding steroid dienone is 8. The van der Waals surface area contributed by atoms with E-state index < -0.39 is 0 Å². The molecule has 0 unspecified atom stereocenters. The molecule has 0 aliphatic rings. The van der Waals surface area contributed by atoms with E-state index in [2.05, 4.69) is 24.1 Å². The van der Waals surface area contributed by atoms with E-state index in [1.165, 1.54) is 0 Å². The summed E-state index contributed by atoms with van der Waals surface area (Å²) in [4.78, 5) is 2.10. The van der Waals surface area contributed by atoms with E-state index in [0.717, 1.165) is 11.4 Å². The minimum atomic E-state index is 1.10. The largest absolute Gasteiger partial charge is 0.345 e. The van der Waals surface area contributed by atoms with Crippen LogP contribution in [0.4, 0.5) is 0 Å². The first-order valence-corrected chi connectivity index (χ1v) is 7.35. The molecule has 0 heterocycles. The molecule has 0 spiro atoms. The highest BCUT2D eigenvalue weighted by Crippen LogP contribution is 2.13. The SMILES string of the molecule is C=C/C=C\C(=C/C)N(C)C(/C=C\C)=C/C=C.CC.CC. The van der Waals surface area contributed by atoms with E-state index in [0.29, 0.717) is 0 Å². The van der Waals surface area contributed by atoms with Gasteiger partial charge in [-0.3, -0.25) is 0 Å².